The van der Waals surface area contributed by atoms with Gasteiger partial charge in [-0.25, -0.2) is 8.70 Å². The molecule has 3 heterocycles. The highest BCUT2D eigenvalue weighted by Gasteiger charge is 2.46. The van der Waals surface area contributed by atoms with Crippen molar-refractivity contribution in [1.29, 1.82) is 0 Å². The highest BCUT2D eigenvalue weighted by atomic mass is 32.2. The largest absolute Gasteiger partial charge is 0.372 e. The van der Waals surface area contributed by atoms with Crippen molar-refractivity contribution in [2.75, 3.05) is 32.6 Å². The Bertz CT molecular complexity index is 695. The topological polar surface area (TPSA) is 31.9 Å². The van der Waals surface area contributed by atoms with Crippen molar-refractivity contribution in [3.63, 3.8) is 0 Å². The number of rotatable bonds is 5. The molecule has 0 aliphatic carbocycles. The van der Waals surface area contributed by atoms with Crippen LogP contribution in [0.5, 0.6) is 0 Å². The van der Waals surface area contributed by atoms with Crippen LogP contribution in [0.3, 0.4) is 0 Å². The van der Waals surface area contributed by atoms with Gasteiger partial charge < -0.3 is 4.74 Å². The first-order chi connectivity index (χ1) is 11.7. The molecule has 0 amide bonds. The maximum absolute atomic E-state index is 13.4. The Morgan fingerprint density at radius 1 is 1.21 bits per heavy atom. The van der Waals surface area contributed by atoms with Gasteiger partial charge in [0.05, 0.1) is 24.9 Å². The van der Waals surface area contributed by atoms with E-state index in [1.54, 1.807) is 12.1 Å². The van der Waals surface area contributed by atoms with E-state index in [1.807, 2.05) is 36.5 Å². The molecule has 0 N–H and O–H groups in total. The number of hydrogen-bond donors (Lipinski definition) is 0. The molecule has 2 fully saturated rings. The molecule has 6 heteroatoms. The minimum Gasteiger partial charge on any atom is -0.372 e. The molecule has 2 aliphatic heterocycles. The summed E-state index contributed by atoms with van der Waals surface area (Å²) < 4.78 is 21.1. The third-order valence-electron chi connectivity index (χ3n) is 4.75. The van der Waals surface area contributed by atoms with Gasteiger partial charge >= 0.3 is 0 Å². The van der Waals surface area contributed by atoms with Crippen molar-refractivity contribution in [1.82, 2.24) is 14.2 Å². The lowest BCUT2D eigenvalue weighted by molar-refractivity contribution is 0.230. The Labute approximate surface area is 145 Å². The molecule has 0 spiro atoms. The molecule has 2 unspecified atom stereocenters. The zero-order valence-electron chi connectivity index (χ0n) is 13.6. The molecule has 126 valence electrons. The smallest absolute Gasteiger partial charge is 0.123 e. The molecular formula is C18H20FN3OS. The van der Waals surface area contributed by atoms with Crippen LogP contribution in [0.2, 0.25) is 0 Å². The Kier molecular flexibility index (Phi) is 4.30. The van der Waals surface area contributed by atoms with Gasteiger partial charge in [0.25, 0.3) is 0 Å². The molecule has 2 aliphatic rings. The minimum atomic E-state index is -0.298. The van der Waals surface area contributed by atoms with E-state index in [-0.39, 0.29) is 11.4 Å². The monoisotopic (exact) mass is 345 g/mol. The van der Waals surface area contributed by atoms with Crippen molar-refractivity contribution in [3.05, 3.63) is 65.7 Å². The molecule has 0 bridgehead atoms. The third kappa shape index (κ3) is 2.95. The van der Waals surface area contributed by atoms with Crippen LogP contribution in [0.25, 0.3) is 0 Å². The van der Waals surface area contributed by atoms with Crippen LogP contribution < -0.4 is 0 Å². The summed E-state index contributed by atoms with van der Waals surface area (Å²) in [5, 5.41) is 0. The fourth-order valence-corrected chi connectivity index (χ4v) is 4.47. The number of pyridine rings is 1. The summed E-state index contributed by atoms with van der Waals surface area (Å²) >= 11 is 1.83. The minimum absolute atomic E-state index is 0.207. The number of ether oxygens (including phenoxy) is 1. The van der Waals surface area contributed by atoms with E-state index in [1.165, 1.54) is 5.56 Å². The van der Waals surface area contributed by atoms with E-state index < -0.39 is 0 Å². The van der Waals surface area contributed by atoms with Crippen LogP contribution in [0.1, 0.15) is 11.1 Å². The molecule has 4 nitrogen and oxygen atoms in total. The number of epoxide rings is 1. The molecule has 0 radical (unpaired) electrons. The van der Waals surface area contributed by atoms with E-state index in [2.05, 4.69) is 33.4 Å². The Hall–Kier alpha value is -1.47. The quantitative estimate of drug-likeness (QED) is 0.614. The Balaban J connectivity index is 1.69. The van der Waals surface area contributed by atoms with Crippen LogP contribution in [-0.2, 0) is 10.3 Å². The average molecular weight is 345 g/mol. The number of hydrogen-bond acceptors (Lipinski definition) is 5. The van der Waals surface area contributed by atoms with Gasteiger partial charge in [-0.1, -0.05) is 24.1 Å². The highest BCUT2D eigenvalue weighted by Crippen LogP contribution is 2.42. The molecule has 1 aromatic heterocycles. The van der Waals surface area contributed by atoms with Crippen LogP contribution in [0, 0.1) is 5.82 Å². The zero-order valence-corrected chi connectivity index (χ0v) is 14.4. The van der Waals surface area contributed by atoms with E-state index in [4.69, 9.17) is 4.74 Å². The number of aromatic nitrogens is 1. The predicted octanol–water partition coefficient (Wildman–Crippen LogP) is 2.72. The maximum Gasteiger partial charge on any atom is 0.123 e. The first-order valence-electron chi connectivity index (χ1n) is 8.06. The summed E-state index contributed by atoms with van der Waals surface area (Å²) in [4.78, 5) is 6.48. The van der Waals surface area contributed by atoms with Gasteiger partial charge in [-0.2, -0.15) is 0 Å². The summed E-state index contributed by atoms with van der Waals surface area (Å²) in [6.07, 6.45) is 4.05. The first kappa shape index (κ1) is 16.0. The third-order valence-corrected chi connectivity index (χ3v) is 5.88. The van der Waals surface area contributed by atoms with Gasteiger partial charge in [-0.05, 0) is 42.4 Å². The van der Waals surface area contributed by atoms with Crippen molar-refractivity contribution in [2.45, 2.75) is 11.6 Å². The van der Waals surface area contributed by atoms with Crippen molar-refractivity contribution in [3.8, 4) is 0 Å². The van der Waals surface area contributed by atoms with Gasteiger partial charge in [-0.3, -0.25) is 9.88 Å². The molecule has 2 atom stereocenters. The van der Waals surface area contributed by atoms with E-state index in [0.717, 1.165) is 31.1 Å². The van der Waals surface area contributed by atoms with Crippen molar-refractivity contribution in [2.24, 2.45) is 0 Å². The van der Waals surface area contributed by atoms with Crippen molar-refractivity contribution < 1.29 is 9.13 Å². The second-order valence-corrected chi connectivity index (χ2v) is 7.44. The van der Waals surface area contributed by atoms with Gasteiger partial charge in [0.1, 0.15) is 5.82 Å². The van der Waals surface area contributed by atoms with E-state index >= 15 is 0 Å². The van der Waals surface area contributed by atoms with Gasteiger partial charge in [-0.15, -0.1) is 0 Å². The molecule has 4 rings (SSSR count). The Morgan fingerprint density at radius 2 is 1.88 bits per heavy atom. The second-order valence-electron chi connectivity index (χ2n) is 6.33. The van der Waals surface area contributed by atoms with E-state index in [0.29, 0.717) is 6.10 Å². The summed E-state index contributed by atoms with van der Waals surface area (Å²) in [6.45, 7) is 2.57. The summed E-state index contributed by atoms with van der Waals surface area (Å²) in [5.74, 6) is 0.783. The lowest BCUT2D eigenvalue weighted by Crippen LogP contribution is -2.42. The predicted molar refractivity (Wildman–Crippen MR) is 93.0 cm³/mol. The molecule has 1 aromatic carbocycles. The number of nitrogens with zero attached hydrogens (tertiary/aromatic N) is 3. The molecule has 2 saturated heterocycles. The molecule has 24 heavy (non-hydrogen) atoms. The lowest BCUT2D eigenvalue weighted by Gasteiger charge is -2.36. The molecular weight excluding hydrogens is 325 g/mol. The van der Waals surface area contributed by atoms with Crippen LogP contribution in [-0.4, -0.2) is 52.9 Å². The number of halogens is 1. The Morgan fingerprint density at radius 3 is 2.54 bits per heavy atom. The first-order valence-corrected chi connectivity index (χ1v) is 9.00. The fourth-order valence-electron chi connectivity index (χ4n) is 3.37. The van der Waals surface area contributed by atoms with Gasteiger partial charge in [0.15, 0.2) is 0 Å². The summed E-state index contributed by atoms with van der Waals surface area (Å²) in [5.41, 5.74) is 1.98. The average Bonchev–Trinajstić information content (AvgIpc) is 3.37. The highest BCUT2D eigenvalue weighted by molar-refractivity contribution is 7.97. The maximum atomic E-state index is 13.4. The van der Waals surface area contributed by atoms with Crippen molar-refractivity contribution >= 4 is 11.9 Å². The second kappa shape index (κ2) is 6.44. The van der Waals surface area contributed by atoms with Crippen LogP contribution >= 0.6 is 11.9 Å². The van der Waals surface area contributed by atoms with Gasteiger partial charge in [0.2, 0.25) is 0 Å². The van der Waals surface area contributed by atoms with Crippen LogP contribution in [0.15, 0.2) is 48.8 Å². The SMILES string of the molecule is CN1CN(SCC2CO2)CC1(c1ccncc1)c1ccc(F)cc1. The lowest BCUT2D eigenvalue weighted by atomic mass is 9.83. The standard InChI is InChI=1S/C18H20FN3OS/c1-21-13-22(24-11-17-10-23-17)12-18(21,15-6-8-20-9-7-15)14-2-4-16(19)5-3-14/h2-9,17H,10-13H2,1H3. The number of likely N-dealkylation sites (N-methyl/N-ethyl adjacent to an activating group) is 1. The van der Waals surface area contributed by atoms with Gasteiger partial charge in [0, 0.05) is 24.7 Å². The number of benzene rings is 1. The summed E-state index contributed by atoms with van der Waals surface area (Å²) in [7, 11) is 2.12. The van der Waals surface area contributed by atoms with E-state index in [9.17, 15) is 4.39 Å². The molecule has 0 saturated carbocycles. The fraction of sp³-hybridized carbons (Fsp3) is 0.389. The van der Waals surface area contributed by atoms with Crippen LogP contribution in [0.4, 0.5) is 4.39 Å². The normalized spacial score (nSPS) is 27.5. The molecule has 2 aromatic rings. The summed E-state index contributed by atoms with van der Waals surface area (Å²) in [6, 6.07) is 11.0. The zero-order chi connectivity index (χ0) is 16.6.